The van der Waals surface area contributed by atoms with Crippen LogP contribution in [-0.4, -0.2) is 37.8 Å². The molecule has 162 valence electrons. The minimum Gasteiger partial charge on any atom is -0.493 e. The van der Waals surface area contributed by atoms with Gasteiger partial charge in [-0.1, -0.05) is 15.9 Å². The summed E-state index contributed by atoms with van der Waals surface area (Å²) in [6, 6.07) is 2.28. The summed E-state index contributed by atoms with van der Waals surface area (Å²) in [5.41, 5.74) is -1.92. The van der Waals surface area contributed by atoms with Crippen LogP contribution in [-0.2, 0) is 17.5 Å². The second-order valence-corrected chi connectivity index (χ2v) is 9.52. The molecule has 1 fully saturated rings. The molecule has 9 heteroatoms. The number of alkyl halides is 4. The van der Waals surface area contributed by atoms with E-state index in [1.165, 1.54) is 6.07 Å². The van der Waals surface area contributed by atoms with E-state index in [1.54, 1.807) is 11.5 Å². The highest BCUT2D eigenvalue weighted by Crippen LogP contribution is 2.46. The van der Waals surface area contributed by atoms with Crippen molar-refractivity contribution in [2.45, 2.75) is 70.6 Å². The van der Waals surface area contributed by atoms with Crippen molar-refractivity contribution in [3.05, 3.63) is 23.5 Å². The van der Waals surface area contributed by atoms with Gasteiger partial charge in [0, 0.05) is 17.4 Å². The van der Waals surface area contributed by atoms with Crippen LogP contribution in [0.25, 0.3) is 11.0 Å². The van der Waals surface area contributed by atoms with E-state index in [-0.39, 0.29) is 36.0 Å². The molecule has 1 N–H and O–H groups in total. The monoisotopic (exact) mass is 478 g/mol. The minimum atomic E-state index is -4.57. The SMILES string of the molecule is CC1(O)CC(n2c(COC(C)(C)C)nc3cc(OCCBr)cc(C(F)(F)F)c32)C1. The number of aliphatic hydroxyl groups is 1. The Morgan fingerprint density at radius 2 is 1.93 bits per heavy atom. The maximum Gasteiger partial charge on any atom is 0.418 e. The van der Waals surface area contributed by atoms with E-state index in [0.29, 0.717) is 24.0 Å². The first-order valence-electron chi connectivity index (χ1n) is 9.48. The molecule has 2 aromatic rings. The van der Waals surface area contributed by atoms with Crippen molar-refractivity contribution in [1.29, 1.82) is 0 Å². The van der Waals surface area contributed by atoms with Crippen LogP contribution in [0.1, 0.15) is 58.0 Å². The van der Waals surface area contributed by atoms with E-state index in [4.69, 9.17) is 9.47 Å². The molecule has 0 atom stereocenters. The van der Waals surface area contributed by atoms with Gasteiger partial charge in [-0.05, 0) is 46.6 Å². The van der Waals surface area contributed by atoms with Crippen LogP contribution < -0.4 is 4.74 Å². The summed E-state index contributed by atoms with van der Waals surface area (Å²) >= 11 is 3.21. The first-order valence-corrected chi connectivity index (χ1v) is 10.6. The van der Waals surface area contributed by atoms with Crippen LogP contribution in [0.3, 0.4) is 0 Å². The molecule has 0 bridgehead atoms. The van der Waals surface area contributed by atoms with Gasteiger partial charge in [-0.2, -0.15) is 13.2 Å². The highest BCUT2D eigenvalue weighted by molar-refractivity contribution is 9.09. The van der Waals surface area contributed by atoms with Gasteiger partial charge in [0.15, 0.2) is 0 Å². The predicted molar refractivity (Wildman–Crippen MR) is 107 cm³/mol. The molecule has 1 heterocycles. The fourth-order valence-corrected chi connectivity index (χ4v) is 3.79. The van der Waals surface area contributed by atoms with Crippen molar-refractivity contribution in [3.8, 4) is 5.75 Å². The third-order valence-corrected chi connectivity index (χ3v) is 5.16. The zero-order valence-electron chi connectivity index (χ0n) is 16.9. The molecule has 1 aliphatic rings. The molecule has 0 amide bonds. The lowest BCUT2D eigenvalue weighted by atomic mass is 9.77. The van der Waals surface area contributed by atoms with E-state index in [9.17, 15) is 18.3 Å². The molecule has 1 aromatic heterocycles. The van der Waals surface area contributed by atoms with E-state index < -0.39 is 22.9 Å². The summed E-state index contributed by atoms with van der Waals surface area (Å²) < 4.78 is 54.6. The molecule has 1 saturated carbocycles. The van der Waals surface area contributed by atoms with Crippen molar-refractivity contribution in [2.75, 3.05) is 11.9 Å². The number of hydrogen-bond donors (Lipinski definition) is 1. The Bertz CT molecular complexity index is 880. The number of benzene rings is 1. The summed E-state index contributed by atoms with van der Waals surface area (Å²) in [6.45, 7) is 7.63. The summed E-state index contributed by atoms with van der Waals surface area (Å²) in [4.78, 5) is 4.47. The average Bonchev–Trinajstić information content (AvgIpc) is 2.91. The summed E-state index contributed by atoms with van der Waals surface area (Å²) in [5, 5.41) is 10.7. The molecule has 3 rings (SSSR count). The van der Waals surface area contributed by atoms with Gasteiger partial charge < -0.3 is 19.1 Å². The molecular formula is C20H26BrF3N2O3. The Hall–Kier alpha value is -1.32. The van der Waals surface area contributed by atoms with Gasteiger partial charge in [-0.25, -0.2) is 4.98 Å². The van der Waals surface area contributed by atoms with Crippen LogP contribution in [0.2, 0.25) is 0 Å². The standard InChI is InChI=1S/C20H26BrF3N2O3/c1-18(2,3)29-11-16-25-15-8-13(28-6-5-21)7-14(20(22,23)24)17(15)26(16)12-9-19(4,27)10-12/h7-8,12,27H,5-6,9-11H2,1-4H3. The third kappa shape index (κ3) is 5.06. The van der Waals surface area contributed by atoms with Crippen molar-refractivity contribution in [2.24, 2.45) is 0 Å². The number of fused-ring (bicyclic) bond motifs is 1. The second kappa shape index (κ2) is 7.74. The van der Waals surface area contributed by atoms with Crippen LogP contribution in [0.4, 0.5) is 13.2 Å². The molecule has 5 nitrogen and oxygen atoms in total. The number of aromatic nitrogens is 2. The Balaban J connectivity index is 2.16. The van der Waals surface area contributed by atoms with Gasteiger partial charge in [0.2, 0.25) is 0 Å². The van der Waals surface area contributed by atoms with Crippen molar-refractivity contribution < 1.29 is 27.8 Å². The van der Waals surface area contributed by atoms with Crippen molar-refractivity contribution >= 4 is 27.0 Å². The maximum atomic E-state index is 13.9. The summed E-state index contributed by atoms with van der Waals surface area (Å²) in [7, 11) is 0. The lowest BCUT2D eigenvalue weighted by Crippen LogP contribution is -2.42. The largest absolute Gasteiger partial charge is 0.493 e. The fraction of sp³-hybridized carbons (Fsp3) is 0.650. The lowest BCUT2D eigenvalue weighted by Gasteiger charge is -2.42. The number of halogens is 4. The number of hydrogen-bond acceptors (Lipinski definition) is 4. The predicted octanol–water partition coefficient (Wildman–Crippen LogP) is 5.23. The summed E-state index contributed by atoms with van der Waals surface area (Å²) in [5.74, 6) is 0.538. The molecule has 0 aliphatic heterocycles. The van der Waals surface area contributed by atoms with E-state index in [0.717, 1.165) is 6.07 Å². The second-order valence-electron chi connectivity index (χ2n) is 8.73. The van der Waals surface area contributed by atoms with E-state index in [1.807, 2.05) is 20.8 Å². The third-order valence-electron chi connectivity index (χ3n) is 4.83. The van der Waals surface area contributed by atoms with Crippen LogP contribution >= 0.6 is 15.9 Å². The zero-order valence-corrected chi connectivity index (χ0v) is 18.5. The smallest absolute Gasteiger partial charge is 0.418 e. The quantitative estimate of drug-likeness (QED) is 0.577. The summed E-state index contributed by atoms with van der Waals surface area (Å²) in [6.07, 6.45) is -3.85. The molecule has 0 spiro atoms. The number of rotatable bonds is 6. The van der Waals surface area contributed by atoms with E-state index in [2.05, 4.69) is 20.9 Å². The van der Waals surface area contributed by atoms with Gasteiger partial charge in [-0.3, -0.25) is 0 Å². The fourth-order valence-electron chi connectivity index (χ4n) is 3.62. The van der Waals surface area contributed by atoms with Crippen LogP contribution in [0.5, 0.6) is 5.75 Å². The van der Waals surface area contributed by atoms with Crippen molar-refractivity contribution in [3.63, 3.8) is 0 Å². The molecule has 0 radical (unpaired) electrons. The van der Waals surface area contributed by atoms with Crippen molar-refractivity contribution in [1.82, 2.24) is 9.55 Å². The lowest BCUT2D eigenvalue weighted by molar-refractivity contribution is -0.136. The van der Waals surface area contributed by atoms with Gasteiger partial charge in [0.05, 0.1) is 34.4 Å². The number of ether oxygens (including phenoxy) is 2. The molecule has 1 aliphatic carbocycles. The number of imidazole rings is 1. The van der Waals surface area contributed by atoms with Gasteiger partial charge >= 0.3 is 6.18 Å². The molecule has 0 saturated heterocycles. The minimum absolute atomic E-state index is 0.0108. The highest BCUT2D eigenvalue weighted by Gasteiger charge is 2.43. The Kier molecular flexibility index (Phi) is 5.97. The average molecular weight is 479 g/mol. The highest BCUT2D eigenvalue weighted by atomic mass is 79.9. The molecular weight excluding hydrogens is 453 g/mol. The maximum absolute atomic E-state index is 13.9. The Morgan fingerprint density at radius 1 is 1.28 bits per heavy atom. The van der Waals surface area contributed by atoms with Gasteiger partial charge in [-0.15, -0.1) is 0 Å². The topological polar surface area (TPSA) is 56.5 Å². The van der Waals surface area contributed by atoms with Crippen LogP contribution in [0.15, 0.2) is 12.1 Å². The first-order chi connectivity index (χ1) is 13.3. The molecule has 29 heavy (non-hydrogen) atoms. The normalized spacial score (nSPS) is 22.7. The Morgan fingerprint density at radius 3 is 2.45 bits per heavy atom. The Labute approximate surface area is 176 Å². The van der Waals surface area contributed by atoms with Gasteiger partial charge in [0.25, 0.3) is 0 Å². The van der Waals surface area contributed by atoms with Crippen LogP contribution in [0, 0.1) is 0 Å². The molecule has 0 unspecified atom stereocenters. The zero-order chi connectivity index (χ0) is 21.6. The first kappa shape index (κ1) is 22.4. The number of nitrogens with zero attached hydrogens (tertiary/aromatic N) is 2. The van der Waals surface area contributed by atoms with Gasteiger partial charge in [0.1, 0.15) is 18.2 Å². The molecule has 1 aromatic carbocycles. The van der Waals surface area contributed by atoms with E-state index >= 15 is 0 Å².